The molecule has 1 aliphatic carbocycles. The number of β-amino-alcohol motifs (C(OH)–C–C–N with tert-alkyl or cyclic N) is 1. The van der Waals surface area contributed by atoms with Crippen LogP contribution >= 0.6 is 11.3 Å². The van der Waals surface area contributed by atoms with E-state index in [1.165, 1.54) is 18.2 Å². The molecule has 8 rings (SSSR count). The fraction of sp³-hybridized carbons (Fsp3) is 0.451. The highest BCUT2D eigenvalue weighted by Crippen LogP contribution is 2.35. The average molecular weight is 1030 g/mol. The third-order valence-corrected chi connectivity index (χ3v) is 15.7. The van der Waals surface area contributed by atoms with Crippen LogP contribution in [0.5, 0.6) is 0 Å². The lowest BCUT2D eigenvalue weighted by Crippen LogP contribution is -2.58. The predicted octanol–water partition coefficient (Wildman–Crippen LogP) is 6.65. The van der Waals surface area contributed by atoms with Crippen LogP contribution in [0.15, 0.2) is 89.4 Å². The van der Waals surface area contributed by atoms with Crippen LogP contribution in [0.25, 0.3) is 10.4 Å². The lowest BCUT2D eigenvalue weighted by molar-refractivity contribution is -0.142. The van der Waals surface area contributed by atoms with E-state index in [1.807, 2.05) is 57.5 Å². The number of benzene rings is 3. The first-order valence-electron chi connectivity index (χ1n) is 24.0. The van der Waals surface area contributed by atoms with Crippen LogP contribution < -0.4 is 21.3 Å². The van der Waals surface area contributed by atoms with Gasteiger partial charge in [0.15, 0.2) is 9.84 Å². The summed E-state index contributed by atoms with van der Waals surface area (Å²) in [5.74, 6) is -1.25. The van der Waals surface area contributed by atoms with Crippen molar-refractivity contribution in [2.75, 3.05) is 49.6 Å². The summed E-state index contributed by atoms with van der Waals surface area (Å²) >= 11 is 1.58. The van der Waals surface area contributed by atoms with Gasteiger partial charge in [0.05, 0.1) is 33.1 Å². The van der Waals surface area contributed by atoms with Gasteiger partial charge in [0.25, 0.3) is 5.91 Å². The lowest BCUT2D eigenvalue weighted by Gasteiger charge is -2.39. The van der Waals surface area contributed by atoms with E-state index >= 15 is 0 Å². The number of carbonyl (C=O) groups excluding carboxylic acids is 3. The van der Waals surface area contributed by atoms with E-state index in [9.17, 15) is 41.1 Å². The number of hydrogen-bond donors (Lipinski definition) is 5. The van der Waals surface area contributed by atoms with Gasteiger partial charge in [0.1, 0.15) is 17.4 Å². The smallest absolute Gasteiger partial charge is 0.391 e. The Kier molecular flexibility index (Phi) is 15.7. The minimum absolute atomic E-state index is 0.0404. The second-order valence-electron chi connectivity index (χ2n) is 20.0. The molecule has 5 aromatic rings. The Morgan fingerprint density at radius 3 is 2.28 bits per heavy atom. The fourth-order valence-corrected chi connectivity index (χ4v) is 11.2. The van der Waals surface area contributed by atoms with E-state index in [2.05, 4.69) is 41.1 Å². The van der Waals surface area contributed by atoms with Gasteiger partial charge in [-0.15, -0.1) is 11.3 Å². The highest BCUT2D eigenvalue weighted by molar-refractivity contribution is 7.90. The van der Waals surface area contributed by atoms with Gasteiger partial charge in [-0.05, 0) is 84.7 Å². The van der Waals surface area contributed by atoms with Gasteiger partial charge >= 0.3 is 6.18 Å². The first kappa shape index (κ1) is 52.3. The number of amides is 3. The molecule has 3 aliphatic rings. The molecule has 2 aliphatic heterocycles. The Hall–Kier alpha value is -6.00. The standard InChI is InChI=1S/C51H61F3N10O6S2/c1-31-43(71-30-58-31)34-11-9-32(10-12-34)26-56-46(66)42-25-39(65)29-64(42)48(68)44(50(2,3)4)59-37-17-18-38(24-37)62-19-21-63(22-20-62)47(67)35-13-15-36(16-14-35)60-49-57-28-41(51(52,53)54)45(61-49)55-27-33-7-6-8-40(23-33)72(5,69)70/h6-16,23,28,30,37-39,42,44,59,65H,17-22,24-27,29H2,1-5H3,(H,56,66)(H2,55,57,60,61)/t37?,38?,39-,42+,44-/m1/s1. The highest BCUT2D eigenvalue weighted by atomic mass is 32.2. The van der Waals surface area contributed by atoms with Crippen molar-refractivity contribution in [3.8, 4) is 10.4 Å². The van der Waals surface area contributed by atoms with Crippen LogP contribution in [0.1, 0.15) is 79.2 Å². The summed E-state index contributed by atoms with van der Waals surface area (Å²) in [6.45, 7) is 10.6. The number of aromatic nitrogens is 3. The molecule has 5 N–H and O–H groups in total. The van der Waals surface area contributed by atoms with Crippen molar-refractivity contribution < 1.29 is 41.1 Å². The van der Waals surface area contributed by atoms with E-state index in [4.69, 9.17) is 0 Å². The summed E-state index contributed by atoms with van der Waals surface area (Å²) in [6, 6.07) is 19.3. The lowest BCUT2D eigenvalue weighted by atomic mass is 9.85. The molecule has 3 amide bonds. The van der Waals surface area contributed by atoms with Gasteiger partial charge in [-0.25, -0.2) is 18.4 Å². The number of aryl methyl sites for hydroxylation is 1. The number of alkyl halides is 3. The maximum atomic E-state index is 14.4. The molecule has 2 aromatic heterocycles. The molecule has 16 nitrogen and oxygen atoms in total. The summed E-state index contributed by atoms with van der Waals surface area (Å²) in [7, 11) is -3.52. The highest BCUT2D eigenvalue weighted by Gasteiger charge is 2.45. The van der Waals surface area contributed by atoms with Crippen LogP contribution in [0, 0.1) is 12.3 Å². The molecule has 72 heavy (non-hydrogen) atoms. The molecule has 5 atom stereocenters. The number of anilines is 3. The van der Waals surface area contributed by atoms with Crippen molar-refractivity contribution >= 4 is 56.3 Å². The zero-order chi connectivity index (χ0) is 51.5. The van der Waals surface area contributed by atoms with Crippen molar-refractivity contribution in [3.63, 3.8) is 0 Å². The SMILES string of the molecule is Cc1ncsc1-c1ccc(CNC(=O)[C@@H]2C[C@@H](O)CN2C(=O)[C@@H](NC2CCC(N3CCN(C(=O)c4ccc(Nc5ncc(C(F)(F)F)c(NCc6cccc(S(C)(=O)=O)c6)n5)cc4)CC3)C2)C(C)(C)C)cc1. The van der Waals surface area contributed by atoms with Crippen molar-refractivity contribution in [1.29, 1.82) is 0 Å². The van der Waals surface area contributed by atoms with Gasteiger partial charge in [-0.2, -0.15) is 18.2 Å². The van der Waals surface area contributed by atoms with Crippen molar-refractivity contribution in [1.82, 2.24) is 40.3 Å². The minimum Gasteiger partial charge on any atom is -0.391 e. The topological polar surface area (TPSA) is 202 Å². The molecular formula is C51H61F3N10O6S2. The summed E-state index contributed by atoms with van der Waals surface area (Å²) < 4.78 is 65.8. The van der Waals surface area contributed by atoms with Crippen LogP contribution in [0.4, 0.5) is 30.6 Å². The third-order valence-electron chi connectivity index (χ3n) is 13.6. The molecular weight excluding hydrogens is 970 g/mol. The molecule has 21 heteroatoms. The Balaban J connectivity index is 0.816. The van der Waals surface area contributed by atoms with Crippen LogP contribution in [0.2, 0.25) is 0 Å². The van der Waals surface area contributed by atoms with E-state index in [1.54, 1.807) is 51.5 Å². The zero-order valence-corrected chi connectivity index (χ0v) is 42.5. The van der Waals surface area contributed by atoms with Crippen molar-refractivity contribution in [2.45, 2.75) is 108 Å². The van der Waals surface area contributed by atoms with Gasteiger partial charge < -0.3 is 36.2 Å². The zero-order valence-electron chi connectivity index (χ0n) is 40.9. The maximum absolute atomic E-state index is 14.4. The second kappa shape index (κ2) is 21.6. The Labute approximate surface area is 421 Å². The molecule has 2 unspecified atom stereocenters. The molecule has 3 fully saturated rings. The molecule has 3 aromatic carbocycles. The number of sulfone groups is 1. The minimum atomic E-state index is -4.76. The van der Waals surface area contributed by atoms with Crippen LogP contribution in [-0.2, 0) is 38.7 Å². The number of likely N-dealkylation sites (tertiary alicyclic amines) is 1. The fourth-order valence-electron chi connectivity index (χ4n) is 9.65. The van der Waals surface area contributed by atoms with E-state index in [0.29, 0.717) is 55.7 Å². The average Bonchev–Trinajstić information content (AvgIpc) is 4.11. The van der Waals surface area contributed by atoms with Gasteiger partial charge in [0.2, 0.25) is 17.8 Å². The third kappa shape index (κ3) is 12.6. The number of hydrogen-bond acceptors (Lipinski definition) is 14. The van der Waals surface area contributed by atoms with E-state index < -0.39 is 51.0 Å². The van der Waals surface area contributed by atoms with Crippen LogP contribution in [-0.4, -0.2) is 130 Å². The first-order chi connectivity index (χ1) is 34.1. The van der Waals surface area contributed by atoms with E-state index in [0.717, 1.165) is 47.2 Å². The maximum Gasteiger partial charge on any atom is 0.421 e. The van der Waals surface area contributed by atoms with Crippen molar-refractivity contribution in [2.24, 2.45) is 5.41 Å². The summed E-state index contributed by atoms with van der Waals surface area (Å²) in [5.41, 5.74) is 4.53. The molecule has 1 saturated carbocycles. The number of carbonyl (C=O) groups is 3. The normalized spacial score (nSPS) is 20.3. The number of halogens is 3. The monoisotopic (exact) mass is 1030 g/mol. The number of nitrogens with one attached hydrogen (secondary N) is 4. The number of nitrogens with zero attached hydrogens (tertiary/aromatic N) is 6. The second-order valence-corrected chi connectivity index (χ2v) is 22.8. The Bertz CT molecular complexity index is 2850. The molecule has 0 bridgehead atoms. The van der Waals surface area contributed by atoms with Crippen LogP contribution in [0.3, 0.4) is 0 Å². The summed E-state index contributed by atoms with van der Waals surface area (Å²) in [5, 5.41) is 23.0. The molecule has 0 radical (unpaired) electrons. The molecule has 384 valence electrons. The molecule has 2 saturated heterocycles. The molecule has 0 spiro atoms. The van der Waals surface area contributed by atoms with Gasteiger partial charge in [-0.1, -0.05) is 57.2 Å². The summed E-state index contributed by atoms with van der Waals surface area (Å²) in [4.78, 5) is 60.9. The van der Waals surface area contributed by atoms with Crippen molar-refractivity contribution in [3.05, 3.63) is 112 Å². The Morgan fingerprint density at radius 1 is 0.903 bits per heavy atom. The van der Waals surface area contributed by atoms with Gasteiger partial charge in [-0.3, -0.25) is 19.3 Å². The number of aliphatic hydroxyl groups excluding tert-OH is 1. The number of piperazine rings is 1. The Morgan fingerprint density at radius 2 is 1.62 bits per heavy atom. The molecule has 4 heterocycles. The van der Waals surface area contributed by atoms with E-state index in [-0.39, 0.29) is 60.2 Å². The predicted molar refractivity (Wildman–Crippen MR) is 269 cm³/mol. The largest absolute Gasteiger partial charge is 0.421 e. The first-order valence-corrected chi connectivity index (χ1v) is 26.8. The number of aliphatic hydroxyl groups is 1. The number of rotatable bonds is 15. The summed E-state index contributed by atoms with van der Waals surface area (Å²) in [6.07, 6.45) is -1.10. The quantitative estimate of drug-likeness (QED) is 0.0747. The number of thiazole rings is 1. The van der Waals surface area contributed by atoms with Gasteiger partial charge in [0, 0.05) is 88.0 Å².